The van der Waals surface area contributed by atoms with Crippen LogP contribution in [0.15, 0.2) is 45.8 Å². The van der Waals surface area contributed by atoms with E-state index in [0.717, 1.165) is 21.8 Å². The Labute approximate surface area is 111 Å². The van der Waals surface area contributed by atoms with Crippen molar-refractivity contribution in [2.75, 3.05) is 0 Å². The van der Waals surface area contributed by atoms with Gasteiger partial charge in [-0.25, -0.2) is 0 Å². The van der Waals surface area contributed by atoms with Gasteiger partial charge in [-0.2, -0.15) is 0 Å². The maximum absolute atomic E-state index is 11.2. The van der Waals surface area contributed by atoms with Gasteiger partial charge in [0.15, 0.2) is 0 Å². The van der Waals surface area contributed by atoms with Gasteiger partial charge in [0.05, 0.1) is 4.91 Å². The SMILES string of the molecule is O=C1NC(=O)/C(=C/C=C/c2ccc(Br)cc2)S1. The molecule has 0 radical (unpaired) electrons. The third-order valence-electron chi connectivity index (χ3n) is 2.05. The lowest BCUT2D eigenvalue weighted by Crippen LogP contribution is -2.17. The second-order valence-corrected chi connectivity index (χ2v) is 5.22. The summed E-state index contributed by atoms with van der Waals surface area (Å²) in [6.45, 7) is 0. The fourth-order valence-electron chi connectivity index (χ4n) is 1.26. The highest BCUT2D eigenvalue weighted by molar-refractivity contribution is 9.10. The Hall–Kier alpha value is -1.33. The Bertz CT molecular complexity index is 520. The van der Waals surface area contributed by atoms with E-state index in [4.69, 9.17) is 0 Å². The van der Waals surface area contributed by atoms with E-state index in [9.17, 15) is 9.59 Å². The minimum Gasteiger partial charge on any atom is -0.282 e. The van der Waals surface area contributed by atoms with Crippen molar-refractivity contribution in [1.29, 1.82) is 0 Å². The van der Waals surface area contributed by atoms with Crippen molar-refractivity contribution >= 4 is 44.9 Å². The molecule has 0 aromatic heterocycles. The fourth-order valence-corrected chi connectivity index (χ4v) is 2.15. The monoisotopic (exact) mass is 309 g/mol. The van der Waals surface area contributed by atoms with Crippen molar-refractivity contribution in [1.82, 2.24) is 5.32 Å². The number of nitrogens with one attached hydrogen (secondary N) is 1. The minimum absolute atomic E-state index is 0.321. The van der Waals surface area contributed by atoms with Crippen molar-refractivity contribution in [2.24, 2.45) is 0 Å². The van der Waals surface area contributed by atoms with E-state index in [1.807, 2.05) is 30.3 Å². The zero-order valence-corrected chi connectivity index (χ0v) is 11.0. The van der Waals surface area contributed by atoms with Crippen LogP contribution < -0.4 is 5.32 Å². The van der Waals surface area contributed by atoms with E-state index in [-0.39, 0.29) is 11.1 Å². The molecule has 1 aromatic carbocycles. The van der Waals surface area contributed by atoms with Gasteiger partial charge < -0.3 is 0 Å². The summed E-state index contributed by atoms with van der Waals surface area (Å²) < 4.78 is 1.02. The second-order valence-electron chi connectivity index (χ2n) is 3.29. The number of allylic oxidation sites excluding steroid dienone is 2. The molecular formula is C12H8BrNO2S. The van der Waals surface area contributed by atoms with Crippen LogP contribution in [0.5, 0.6) is 0 Å². The maximum Gasteiger partial charge on any atom is 0.290 e. The van der Waals surface area contributed by atoms with Gasteiger partial charge in [-0.05, 0) is 35.5 Å². The lowest BCUT2D eigenvalue weighted by molar-refractivity contribution is -0.115. The Kier molecular flexibility index (Phi) is 3.81. The molecule has 1 aliphatic heterocycles. The molecule has 1 aliphatic rings. The molecule has 5 heteroatoms. The standard InChI is InChI=1S/C12H8BrNO2S/c13-9-6-4-8(5-7-9)2-1-3-10-11(15)14-12(16)17-10/h1-7H,(H,14,15,16)/b2-1+,10-3-. The van der Waals surface area contributed by atoms with Crippen LogP contribution in [0.4, 0.5) is 4.79 Å². The molecule has 2 amide bonds. The van der Waals surface area contributed by atoms with E-state index < -0.39 is 0 Å². The third-order valence-corrected chi connectivity index (χ3v) is 3.41. The van der Waals surface area contributed by atoms with Crippen molar-refractivity contribution in [3.63, 3.8) is 0 Å². The van der Waals surface area contributed by atoms with Crippen LogP contribution in [-0.2, 0) is 4.79 Å². The van der Waals surface area contributed by atoms with Crippen molar-refractivity contribution in [3.05, 3.63) is 51.4 Å². The molecule has 0 unspecified atom stereocenters. The lowest BCUT2D eigenvalue weighted by Gasteiger charge is -1.92. The van der Waals surface area contributed by atoms with Gasteiger partial charge in [0.1, 0.15) is 0 Å². The summed E-state index contributed by atoms with van der Waals surface area (Å²) in [6.07, 6.45) is 5.26. The quantitative estimate of drug-likeness (QED) is 0.852. The maximum atomic E-state index is 11.2. The predicted octanol–water partition coefficient (Wildman–Crippen LogP) is 3.33. The molecule has 1 heterocycles. The van der Waals surface area contributed by atoms with Crippen LogP contribution in [0.25, 0.3) is 6.08 Å². The fraction of sp³-hybridized carbons (Fsp3) is 0. The van der Waals surface area contributed by atoms with Gasteiger partial charge in [-0.3, -0.25) is 14.9 Å². The molecule has 2 rings (SSSR count). The third kappa shape index (κ3) is 3.31. The van der Waals surface area contributed by atoms with Crippen molar-refractivity contribution in [3.8, 4) is 0 Å². The number of imide groups is 1. The number of hydrogen-bond acceptors (Lipinski definition) is 3. The van der Waals surface area contributed by atoms with Gasteiger partial charge >= 0.3 is 0 Å². The summed E-state index contributed by atoms with van der Waals surface area (Å²) in [5.41, 5.74) is 1.03. The number of amides is 2. The molecule has 0 bridgehead atoms. The Morgan fingerprint density at radius 3 is 2.47 bits per heavy atom. The number of halogens is 1. The molecule has 1 saturated heterocycles. The van der Waals surface area contributed by atoms with Crippen LogP contribution in [-0.4, -0.2) is 11.1 Å². The highest BCUT2D eigenvalue weighted by Crippen LogP contribution is 2.23. The van der Waals surface area contributed by atoms with E-state index in [0.29, 0.717) is 4.91 Å². The first kappa shape index (κ1) is 12.1. The number of rotatable bonds is 2. The minimum atomic E-state index is -0.333. The summed E-state index contributed by atoms with van der Waals surface area (Å²) in [6, 6.07) is 7.78. The highest BCUT2D eigenvalue weighted by Gasteiger charge is 2.24. The first-order valence-electron chi connectivity index (χ1n) is 4.82. The summed E-state index contributed by atoms with van der Waals surface area (Å²) in [5.74, 6) is -0.333. The van der Waals surface area contributed by atoms with Gasteiger partial charge in [0.2, 0.25) is 0 Å². The van der Waals surface area contributed by atoms with Gasteiger partial charge in [-0.1, -0.05) is 40.2 Å². The molecule has 3 nitrogen and oxygen atoms in total. The molecular weight excluding hydrogens is 302 g/mol. The molecule has 0 aliphatic carbocycles. The molecule has 1 aromatic rings. The zero-order valence-electron chi connectivity index (χ0n) is 8.64. The number of benzene rings is 1. The molecule has 1 N–H and O–H groups in total. The van der Waals surface area contributed by atoms with Gasteiger partial charge in [0.25, 0.3) is 11.1 Å². The van der Waals surface area contributed by atoms with Crippen LogP contribution in [0.2, 0.25) is 0 Å². The smallest absolute Gasteiger partial charge is 0.282 e. The number of thioether (sulfide) groups is 1. The van der Waals surface area contributed by atoms with Crippen LogP contribution in [0, 0.1) is 0 Å². The van der Waals surface area contributed by atoms with Crippen LogP contribution in [0.3, 0.4) is 0 Å². The first-order chi connectivity index (χ1) is 8.15. The van der Waals surface area contributed by atoms with E-state index in [1.165, 1.54) is 0 Å². The average Bonchev–Trinajstić information content (AvgIpc) is 2.60. The number of hydrogen-bond donors (Lipinski definition) is 1. The number of carbonyl (C=O) groups is 2. The van der Waals surface area contributed by atoms with Crippen LogP contribution >= 0.6 is 27.7 Å². The van der Waals surface area contributed by atoms with Crippen molar-refractivity contribution < 1.29 is 9.59 Å². The van der Waals surface area contributed by atoms with E-state index in [2.05, 4.69) is 21.2 Å². The highest BCUT2D eigenvalue weighted by atomic mass is 79.9. The summed E-state index contributed by atoms with van der Waals surface area (Å²) in [7, 11) is 0. The summed E-state index contributed by atoms with van der Waals surface area (Å²) in [5, 5.41) is 1.88. The predicted molar refractivity (Wildman–Crippen MR) is 72.4 cm³/mol. The van der Waals surface area contributed by atoms with Gasteiger partial charge in [0, 0.05) is 4.47 Å². The lowest BCUT2D eigenvalue weighted by atomic mass is 10.2. The summed E-state index contributed by atoms with van der Waals surface area (Å²) in [4.78, 5) is 22.5. The molecule has 86 valence electrons. The molecule has 0 atom stereocenters. The van der Waals surface area contributed by atoms with Crippen molar-refractivity contribution in [2.45, 2.75) is 0 Å². The van der Waals surface area contributed by atoms with Gasteiger partial charge in [-0.15, -0.1) is 0 Å². The Morgan fingerprint density at radius 1 is 1.18 bits per heavy atom. The largest absolute Gasteiger partial charge is 0.290 e. The average molecular weight is 310 g/mol. The normalized spacial score (nSPS) is 18.1. The topological polar surface area (TPSA) is 46.2 Å². The number of carbonyl (C=O) groups excluding carboxylic acids is 2. The first-order valence-corrected chi connectivity index (χ1v) is 6.43. The molecule has 1 fully saturated rings. The van der Waals surface area contributed by atoms with E-state index in [1.54, 1.807) is 12.2 Å². The Morgan fingerprint density at radius 2 is 1.88 bits per heavy atom. The molecule has 0 saturated carbocycles. The molecule has 17 heavy (non-hydrogen) atoms. The molecule has 0 spiro atoms. The van der Waals surface area contributed by atoms with Crippen LogP contribution in [0.1, 0.15) is 5.56 Å². The van der Waals surface area contributed by atoms with E-state index >= 15 is 0 Å². The summed E-state index contributed by atoms with van der Waals surface area (Å²) >= 11 is 4.27. The Balaban J connectivity index is 2.07. The second kappa shape index (κ2) is 5.33. The zero-order chi connectivity index (χ0) is 12.3.